The minimum absolute atomic E-state index is 0.0166. The molecule has 1 aliphatic rings. The third-order valence-corrected chi connectivity index (χ3v) is 2.64. The van der Waals surface area contributed by atoms with Crippen LogP contribution in [0.5, 0.6) is 0 Å². The van der Waals surface area contributed by atoms with E-state index in [0.717, 1.165) is 12.3 Å². The quantitative estimate of drug-likeness (QED) is 0.795. The van der Waals surface area contributed by atoms with Gasteiger partial charge >= 0.3 is 0 Å². The van der Waals surface area contributed by atoms with Crippen LogP contribution in [0.25, 0.3) is 0 Å². The topological polar surface area (TPSA) is 54.7 Å². The largest absolute Gasteiger partial charge is 0.467 e. The SMILES string of the molecule is CNCC1COCC(=O)N1Cc1ccco1. The van der Waals surface area contributed by atoms with Gasteiger partial charge in [-0.25, -0.2) is 0 Å². The molecular weight excluding hydrogens is 208 g/mol. The highest BCUT2D eigenvalue weighted by molar-refractivity contribution is 5.78. The number of furan rings is 1. The predicted octanol–water partition coefficient (Wildman–Crippen LogP) is 0.226. The molecule has 1 atom stereocenters. The summed E-state index contributed by atoms with van der Waals surface area (Å²) in [6.45, 7) is 1.99. The maximum atomic E-state index is 11.7. The molecule has 5 nitrogen and oxygen atoms in total. The summed E-state index contributed by atoms with van der Waals surface area (Å²) in [7, 11) is 1.87. The van der Waals surface area contributed by atoms with Gasteiger partial charge in [0, 0.05) is 6.54 Å². The summed E-state index contributed by atoms with van der Waals surface area (Å²) in [4.78, 5) is 13.5. The molecule has 0 spiro atoms. The first kappa shape index (κ1) is 11.2. The van der Waals surface area contributed by atoms with Gasteiger partial charge in [0.15, 0.2) is 0 Å². The van der Waals surface area contributed by atoms with Crippen LogP contribution >= 0.6 is 0 Å². The van der Waals surface area contributed by atoms with E-state index >= 15 is 0 Å². The minimum atomic E-state index is 0.0166. The highest BCUT2D eigenvalue weighted by Crippen LogP contribution is 2.13. The van der Waals surface area contributed by atoms with E-state index in [1.165, 1.54) is 0 Å². The van der Waals surface area contributed by atoms with Gasteiger partial charge in [-0.2, -0.15) is 0 Å². The van der Waals surface area contributed by atoms with Crippen molar-refractivity contribution in [3.8, 4) is 0 Å². The Hall–Kier alpha value is -1.33. The number of rotatable bonds is 4. The van der Waals surface area contributed by atoms with Gasteiger partial charge in [0.05, 0.1) is 25.5 Å². The van der Waals surface area contributed by atoms with Crippen molar-refractivity contribution >= 4 is 5.91 Å². The Bertz CT molecular complexity index is 335. The van der Waals surface area contributed by atoms with Gasteiger partial charge in [-0.3, -0.25) is 4.79 Å². The molecule has 1 amide bonds. The van der Waals surface area contributed by atoms with Crippen molar-refractivity contribution in [3.63, 3.8) is 0 Å². The van der Waals surface area contributed by atoms with Crippen LogP contribution in [-0.2, 0) is 16.1 Å². The average molecular weight is 224 g/mol. The van der Waals surface area contributed by atoms with E-state index in [2.05, 4.69) is 5.32 Å². The summed E-state index contributed by atoms with van der Waals surface area (Å²) in [5, 5.41) is 3.06. The van der Waals surface area contributed by atoms with E-state index in [0.29, 0.717) is 13.2 Å². The minimum Gasteiger partial charge on any atom is -0.467 e. The predicted molar refractivity (Wildman–Crippen MR) is 57.8 cm³/mol. The second-order valence-electron chi connectivity index (χ2n) is 3.83. The second-order valence-corrected chi connectivity index (χ2v) is 3.83. The monoisotopic (exact) mass is 224 g/mol. The van der Waals surface area contributed by atoms with Crippen LogP contribution in [0, 0.1) is 0 Å². The van der Waals surface area contributed by atoms with Crippen molar-refractivity contribution in [2.45, 2.75) is 12.6 Å². The van der Waals surface area contributed by atoms with Crippen LogP contribution in [0.3, 0.4) is 0 Å². The zero-order valence-corrected chi connectivity index (χ0v) is 9.31. The molecule has 1 aliphatic heterocycles. The van der Waals surface area contributed by atoms with E-state index in [9.17, 15) is 4.79 Å². The molecule has 2 rings (SSSR count). The van der Waals surface area contributed by atoms with Crippen molar-refractivity contribution < 1.29 is 13.9 Å². The number of carbonyl (C=O) groups excluding carboxylic acids is 1. The number of nitrogens with zero attached hydrogens (tertiary/aromatic N) is 1. The zero-order valence-electron chi connectivity index (χ0n) is 9.31. The van der Waals surface area contributed by atoms with Gasteiger partial charge in [0.25, 0.3) is 0 Å². The third kappa shape index (κ3) is 2.43. The number of nitrogens with one attached hydrogen (secondary N) is 1. The summed E-state index contributed by atoms with van der Waals surface area (Å²) in [5.41, 5.74) is 0. The fourth-order valence-electron chi connectivity index (χ4n) is 1.85. The standard InChI is InChI=1S/C11H16N2O3/c1-12-5-9-7-15-8-11(14)13(9)6-10-3-2-4-16-10/h2-4,9,12H,5-8H2,1H3. The van der Waals surface area contributed by atoms with Gasteiger partial charge in [-0.05, 0) is 19.2 Å². The first-order valence-corrected chi connectivity index (χ1v) is 5.35. The van der Waals surface area contributed by atoms with Crippen molar-refractivity contribution in [3.05, 3.63) is 24.2 Å². The molecule has 0 aliphatic carbocycles. The Morgan fingerprint density at radius 1 is 1.62 bits per heavy atom. The smallest absolute Gasteiger partial charge is 0.249 e. The molecule has 5 heteroatoms. The van der Waals surface area contributed by atoms with E-state index < -0.39 is 0 Å². The number of morpholine rings is 1. The lowest BCUT2D eigenvalue weighted by atomic mass is 10.2. The van der Waals surface area contributed by atoms with Gasteiger partial charge in [0.1, 0.15) is 12.4 Å². The van der Waals surface area contributed by atoms with Crippen molar-refractivity contribution in [1.82, 2.24) is 10.2 Å². The molecule has 16 heavy (non-hydrogen) atoms. The summed E-state index contributed by atoms with van der Waals surface area (Å²) in [6.07, 6.45) is 1.62. The normalized spacial score (nSPS) is 21.4. The van der Waals surface area contributed by atoms with E-state index in [1.54, 1.807) is 11.2 Å². The van der Waals surface area contributed by atoms with Crippen LogP contribution < -0.4 is 5.32 Å². The third-order valence-electron chi connectivity index (χ3n) is 2.64. The molecule has 0 bridgehead atoms. The lowest BCUT2D eigenvalue weighted by Crippen LogP contribution is -2.52. The first-order valence-electron chi connectivity index (χ1n) is 5.35. The number of amides is 1. The molecular formula is C11H16N2O3. The molecule has 0 saturated carbocycles. The molecule has 0 aromatic carbocycles. The van der Waals surface area contributed by atoms with Gasteiger partial charge < -0.3 is 19.4 Å². The summed E-state index contributed by atoms with van der Waals surface area (Å²) < 4.78 is 10.5. The van der Waals surface area contributed by atoms with Crippen LogP contribution in [0.2, 0.25) is 0 Å². The fourth-order valence-corrected chi connectivity index (χ4v) is 1.85. The summed E-state index contributed by atoms with van der Waals surface area (Å²) in [6, 6.07) is 3.78. The lowest BCUT2D eigenvalue weighted by Gasteiger charge is -2.34. The number of hydrogen-bond acceptors (Lipinski definition) is 4. The molecule has 1 aromatic heterocycles. The molecule has 1 unspecified atom stereocenters. The highest BCUT2D eigenvalue weighted by atomic mass is 16.5. The summed E-state index contributed by atoms with van der Waals surface area (Å²) >= 11 is 0. The number of likely N-dealkylation sites (N-methyl/N-ethyl adjacent to an activating group) is 1. The number of ether oxygens (including phenoxy) is 1. The molecule has 1 fully saturated rings. The van der Waals surface area contributed by atoms with Crippen LogP contribution in [-0.4, -0.2) is 43.7 Å². The molecule has 1 aromatic rings. The van der Waals surface area contributed by atoms with E-state index in [-0.39, 0.29) is 18.6 Å². The Morgan fingerprint density at radius 2 is 2.50 bits per heavy atom. The number of hydrogen-bond donors (Lipinski definition) is 1. The van der Waals surface area contributed by atoms with Crippen molar-refractivity contribution in [2.24, 2.45) is 0 Å². The Balaban J connectivity index is 2.04. The maximum Gasteiger partial charge on any atom is 0.249 e. The van der Waals surface area contributed by atoms with Crippen LogP contribution in [0.4, 0.5) is 0 Å². The number of carbonyl (C=O) groups is 1. The molecule has 0 radical (unpaired) electrons. The van der Waals surface area contributed by atoms with Crippen molar-refractivity contribution in [1.29, 1.82) is 0 Å². The lowest BCUT2D eigenvalue weighted by molar-refractivity contribution is -0.149. The molecule has 88 valence electrons. The van der Waals surface area contributed by atoms with Crippen molar-refractivity contribution in [2.75, 3.05) is 26.8 Å². The highest BCUT2D eigenvalue weighted by Gasteiger charge is 2.28. The van der Waals surface area contributed by atoms with Crippen LogP contribution in [0.1, 0.15) is 5.76 Å². The molecule has 2 heterocycles. The Labute approximate surface area is 94.4 Å². The second kappa shape index (κ2) is 5.14. The maximum absolute atomic E-state index is 11.7. The molecule has 1 saturated heterocycles. The van der Waals surface area contributed by atoms with E-state index in [1.807, 2.05) is 19.2 Å². The van der Waals surface area contributed by atoms with E-state index in [4.69, 9.17) is 9.15 Å². The zero-order chi connectivity index (χ0) is 11.4. The Kier molecular flexibility index (Phi) is 3.58. The first-order chi connectivity index (χ1) is 7.81. The van der Waals surface area contributed by atoms with Gasteiger partial charge in [-0.15, -0.1) is 0 Å². The van der Waals surface area contributed by atoms with Gasteiger partial charge in [-0.1, -0.05) is 0 Å². The average Bonchev–Trinajstić information content (AvgIpc) is 2.76. The Morgan fingerprint density at radius 3 is 3.19 bits per heavy atom. The fraction of sp³-hybridized carbons (Fsp3) is 0.545. The summed E-state index contributed by atoms with van der Waals surface area (Å²) in [5.74, 6) is 0.819. The van der Waals surface area contributed by atoms with Gasteiger partial charge in [0.2, 0.25) is 5.91 Å². The molecule has 1 N–H and O–H groups in total. The van der Waals surface area contributed by atoms with Crippen LogP contribution in [0.15, 0.2) is 22.8 Å².